The Morgan fingerprint density at radius 1 is 0.871 bits per heavy atom. The quantitative estimate of drug-likeness (QED) is 0.527. The molecule has 1 aliphatic rings. The lowest BCUT2D eigenvalue weighted by Gasteiger charge is -2.08. The van der Waals surface area contributed by atoms with Crippen molar-refractivity contribution in [3.63, 3.8) is 0 Å². The number of aromatic amines is 2. The first-order valence-electron chi connectivity index (χ1n) is 10.4. The predicted molar refractivity (Wildman–Crippen MR) is 120 cm³/mol. The van der Waals surface area contributed by atoms with E-state index in [1.807, 2.05) is 54.9 Å². The van der Waals surface area contributed by atoms with Crippen LogP contribution in [0.15, 0.2) is 76.6 Å². The number of nitrogens with one attached hydrogen (secondary N) is 2. The van der Waals surface area contributed by atoms with Crippen LogP contribution in [0.4, 0.5) is 0 Å². The Morgan fingerprint density at radius 2 is 1.48 bits per heavy atom. The highest BCUT2D eigenvalue weighted by Crippen LogP contribution is 2.41. The maximum absolute atomic E-state index is 12.7. The Bertz CT molecular complexity index is 1440. The van der Waals surface area contributed by atoms with Crippen LogP contribution in [0.3, 0.4) is 0 Å². The van der Waals surface area contributed by atoms with Crippen molar-refractivity contribution < 1.29 is 0 Å². The number of benzene rings is 2. The first-order chi connectivity index (χ1) is 15.2. The maximum Gasteiger partial charge on any atom is 0.272 e. The van der Waals surface area contributed by atoms with E-state index in [1.165, 1.54) is 5.56 Å². The normalized spacial score (nSPS) is 14.8. The standard InChI is InChI=1S/C25H22N4O2/c30-24-21(13-17-7-3-1-4-8-17)27-25(31)22(28-24)14-20-23(19-11-12-19)29(16-26-20)15-18-9-5-2-6-10-18/h1-10,13-14,16,19H,11-12,15H2,(H,27,31)(H,28,30). The lowest BCUT2D eigenvalue weighted by molar-refractivity contribution is 0.741. The molecule has 0 amide bonds. The summed E-state index contributed by atoms with van der Waals surface area (Å²) < 4.78 is 2.14. The molecular formula is C25H22N4O2. The molecule has 0 spiro atoms. The van der Waals surface area contributed by atoms with Crippen molar-refractivity contribution in [2.45, 2.75) is 25.3 Å². The zero-order valence-corrected chi connectivity index (χ0v) is 16.9. The molecule has 31 heavy (non-hydrogen) atoms. The number of hydrogen-bond acceptors (Lipinski definition) is 3. The zero-order chi connectivity index (χ0) is 21.2. The van der Waals surface area contributed by atoms with E-state index in [9.17, 15) is 9.59 Å². The number of aromatic nitrogens is 4. The third-order valence-electron chi connectivity index (χ3n) is 5.45. The van der Waals surface area contributed by atoms with E-state index in [-0.39, 0.29) is 21.8 Å². The summed E-state index contributed by atoms with van der Waals surface area (Å²) >= 11 is 0. The monoisotopic (exact) mass is 410 g/mol. The smallest absolute Gasteiger partial charge is 0.272 e. The lowest BCUT2D eigenvalue weighted by atomic mass is 10.2. The molecule has 1 aliphatic carbocycles. The van der Waals surface area contributed by atoms with Gasteiger partial charge in [0.1, 0.15) is 10.7 Å². The SMILES string of the molecule is O=c1[nH]c(=Cc2ncn(Cc3ccccc3)c2C2CC2)c(=O)[nH]c1=Cc1ccccc1. The van der Waals surface area contributed by atoms with Crippen molar-refractivity contribution in [3.8, 4) is 0 Å². The molecule has 0 saturated heterocycles. The topological polar surface area (TPSA) is 83.5 Å². The second kappa shape index (κ2) is 8.07. The second-order valence-corrected chi connectivity index (χ2v) is 7.84. The van der Waals surface area contributed by atoms with Gasteiger partial charge in [0.05, 0.1) is 12.0 Å². The molecule has 1 saturated carbocycles. The minimum atomic E-state index is -0.346. The summed E-state index contributed by atoms with van der Waals surface area (Å²) in [6, 6.07) is 19.6. The van der Waals surface area contributed by atoms with Crippen LogP contribution in [0, 0.1) is 0 Å². The zero-order valence-electron chi connectivity index (χ0n) is 16.9. The van der Waals surface area contributed by atoms with Crippen LogP contribution in [0.25, 0.3) is 12.2 Å². The third kappa shape index (κ3) is 4.19. The summed E-state index contributed by atoms with van der Waals surface area (Å²) in [6.45, 7) is 0.728. The Balaban J connectivity index is 1.56. The molecule has 154 valence electrons. The molecule has 0 aliphatic heterocycles. The minimum absolute atomic E-state index is 0.210. The maximum atomic E-state index is 12.7. The van der Waals surface area contributed by atoms with Gasteiger partial charge < -0.3 is 14.5 Å². The van der Waals surface area contributed by atoms with Crippen LogP contribution < -0.4 is 21.8 Å². The third-order valence-corrected chi connectivity index (χ3v) is 5.45. The van der Waals surface area contributed by atoms with Crippen molar-refractivity contribution in [2.75, 3.05) is 0 Å². The molecule has 4 aromatic rings. The van der Waals surface area contributed by atoms with Crippen molar-refractivity contribution in [1.82, 2.24) is 19.5 Å². The van der Waals surface area contributed by atoms with Crippen LogP contribution in [0.5, 0.6) is 0 Å². The number of nitrogens with zero attached hydrogens (tertiary/aromatic N) is 2. The highest BCUT2D eigenvalue weighted by atomic mass is 16.1. The summed E-state index contributed by atoms with van der Waals surface area (Å²) in [5.74, 6) is 0.439. The molecule has 0 atom stereocenters. The molecule has 2 N–H and O–H groups in total. The Morgan fingerprint density at radius 3 is 2.13 bits per heavy atom. The van der Waals surface area contributed by atoms with Gasteiger partial charge in [-0.3, -0.25) is 9.59 Å². The Labute approximate surface area is 178 Å². The molecule has 0 unspecified atom stereocenters. The van der Waals surface area contributed by atoms with Crippen molar-refractivity contribution in [3.05, 3.63) is 121 Å². The Kier molecular flexibility index (Phi) is 4.96. The van der Waals surface area contributed by atoms with Crippen LogP contribution in [-0.2, 0) is 6.54 Å². The van der Waals surface area contributed by atoms with Crippen molar-refractivity contribution in [2.24, 2.45) is 0 Å². The summed E-state index contributed by atoms with van der Waals surface area (Å²) in [7, 11) is 0. The number of H-pyrrole nitrogens is 2. The highest BCUT2D eigenvalue weighted by Gasteiger charge is 2.29. The van der Waals surface area contributed by atoms with E-state index in [0.29, 0.717) is 5.92 Å². The summed E-state index contributed by atoms with van der Waals surface area (Å²) in [5, 5.41) is 0.437. The van der Waals surface area contributed by atoms with Gasteiger partial charge in [-0.15, -0.1) is 0 Å². The fourth-order valence-corrected chi connectivity index (χ4v) is 3.77. The van der Waals surface area contributed by atoms with Gasteiger partial charge in [-0.05, 0) is 36.1 Å². The molecule has 2 aromatic heterocycles. The molecule has 2 aromatic carbocycles. The average molecular weight is 410 g/mol. The van der Waals surface area contributed by atoms with Crippen molar-refractivity contribution in [1.29, 1.82) is 0 Å². The summed E-state index contributed by atoms with van der Waals surface area (Å²) in [6.07, 6.45) is 7.38. The van der Waals surface area contributed by atoms with Gasteiger partial charge in [0.25, 0.3) is 11.1 Å². The highest BCUT2D eigenvalue weighted by molar-refractivity contribution is 5.50. The number of rotatable bonds is 5. The molecule has 6 nitrogen and oxygen atoms in total. The predicted octanol–water partition coefficient (Wildman–Crippen LogP) is 1.84. The summed E-state index contributed by atoms with van der Waals surface area (Å²) in [5.41, 5.74) is 3.20. The van der Waals surface area contributed by atoms with E-state index in [4.69, 9.17) is 0 Å². The number of imidazole rings is 1. The lowest BCUT2D eigenvalue weighted by Crippen LogP contribution is -2.46. The van der Waals surface area contributed by atoms with Crippen molar-refractivity contribution >= 4 is 12.2 Å². The van der Waals surface area contributed by atoms with Crippen LogP contribution in [-0.4, -0.2) is 19.5 Å². The number of hydrogen-bond donors (Lipinski definition) is 2. The molecule has 5 rings (SSSR count). The van der Waals surface area contributed by atoms with Gasteiger partial charge in [0.15, 0.2) is 0 Å². The van der Waals surface area contributed by atoms with Gasteiger partial charge in [-0.1, -0.05) is 60.7 Å². The molecule has 1 fully saturated rings. The first-order valence-corrected chi connectivity index (χ1v) is 10.4. The molecular weight excluding hydrogens is 388 g/mol. The van der Waals surface area contributed by atoms with E-state index >= 15 is 0 Å². The van der Waals surface area contributed by atoms with Gasteiger partial charge >= 0.3 is 0 Å². The fourth-order valence-electron chi connectivity index (χ4n) is 3.77. The van der Waals surface area contributed by atoms with Gasteiger partial charge in [-0.25, -0.2) is 4.98 Å². The second-order valence-electron chi connectivity index (χ2n) is 7.84. The van der Waals surface area contributed by atoms with Gasteiger partial charge in [0.2, 0.25) is 0 Å². The molecule has 0 bridgehead atoms. The van der Waals surface area contributed by atoms with E-state index in [2.05, 4.69) is 31.7 Å². The molecule has 2 heterocycles. The van der Waals surface area contributed by atoms with E-state index < -0.39 is 0 Å². The summed E-state index contributed by atoms with van der Waals surface area (Å²) in [4.78, 5) is 35.2. The average Bonchev–Trinajstić information content (AvgIpc) is 3.55. The minimum Gasteiger partial charge on any atom is -0.329 e. The van der Waals surface area contributed by atoms with E-state index in [1.54, 1.807) is 12.2 Å². The Hall–Kier alpha value is -3.93. The van der Waals surface area contributed by atoms with Crippen LogP contribution in [0.2, 0.25) is 0 Å². The largest absolute Gasteiger partial charge is 0.329 e. The van der Waals surface area contributed by atoms with E-state index in [0.717, 1.165) is 36.3 Å². The van der Waals surface area contributed by atoms with Gasteiger partial charge in [-0.2, -0.15) is 0 Å². The fraction of sp³-hybridized carbons (Fsp3) is 0.160. The molecule has 0 radical (unpaired) electrons. The van der Waals surface area contributed by atoms with Gasteiger partial charge in [0, 0.05) is 18.2 Å². The first kappa shape index (κ1) is 19.1. The van der Waals surface area contributed by atoms with Crippen LogP contribution in [0.1, 0.15) is 41.3 Å². The van der Waals surface area contributed by atoms with Crippen LogP contribution >= 0.6 is 0 Å². The molecule has 6 heteroatoms.